The second-order valence-electron chi connectivity index (χ2n) is 6.60. The Morgan fingerprint density at radius 3 is 2.67 bits per heavy atom. The van der Waals surface area contributed by atoms with Crippen molar-refractivity contribution in [3.8, 4) is 6.07 Å². The van der Waals surface area contributed by atoms with E-state index in [1.54, 1.807) is 12.3 Å². The number of rotatable bonds is 4. The standard InChI is InChI=1S/C18H24N4O2/c19-12-16-1-2-17(13-20-16)22-7-3-14(4-8-22)11-18(23)21-15-5-9-24-10-6-15/h1-2,13-15H,3-11H2,(H,21,23). The number of carbonyl (C=O) groups excluding carboxylic acids is 1. The van der Waals surface area contributed by atoms with Crippen molar-refractivity contribution < 1.29 is 9.53 Å². The van der Waals surface area contributed by atoms with E-state index in [9.17, 15) is 4.79 Å². The maximum Gasteiger partial charge on any atom is 0.220 e. The molecule has 6 heteroatoms. The third kappa shape index (κ3) is 4.45. The summed E-state index contributed by atoms with van der Waals surface area (Å²) >= 11 is 0. The molecule has 0 radical (unpaired) electrons. The second kappa shape index (κ2) is 8.11. The Balaban J connectivity index is 1.42. The molecule has 2 fully saturated rings. The fourth-order valence-electron chi connectivity index (χ4n) is 3.43. The Labute approximate surface area is 142 Å². The van der Waals surface area contributed by atoms with Crippen LogP contribution in [0.15, 0.2) is 18.3 Å². The fourth-order valence-corrected chi connectivity index (χ4v) is 3.43. The molecule has 1 N–H and O–H groups in total. The maximum atomic E-state index is 12.2. The molecule has 2 aliphatic heterocycles. The molecule has 0 aromatic carbocycles. The Kier molecular flexibility index (Phi) is 5.65. The molecule has 3 heterocycles. The number of nitrogens with zero attached hydrogens (tertiary/aromatic N) is 3. The molecule has 128 valence electrons. The van der Waals surface area contributed by atoms with Crippen LogP contribution in [-0.4, -0.2) is 43.2 Å². The minimum absolute atomic E-state index is 0.181. The Morgan fingerprint density at radius 1 is 1.29 bits per heavy atom. The summed E-state index contributed by atoms with van der Waals surface area (Å²) in [5.74, 6) is 0.632. The van der Waals surface area contributed by atoms with Crippen molar-refractivity contribution in [2.24, 2.45) is 5.92 Å². The van der Waals surface area contributed by atoms with E-state index in [0.29, 0.717) is 18.0 Å². The van der Waals surface area contributed by atoms with Crippen molar-refractivity contribution >= 4 is 11.6 Å². The minimum Gasteiger partial charge on any atom is -0.381 e. The van der Waals surface area contributed by atoms with Gasteiger partial charge in [0.25, 0.3) is 0 Å². The number of piperidine rings is 1. The first-order chi connectivity index (χ1) is 11.7. The quantitative estimate of drug-likeness (QED) is 0.912. The van der Waals surface area contributed by atoms with Crippen LogP contribution in [0.3, 0.4) is 0 Å². The summed E-state index contributed by atoms with van der Waals surface area (Å²) in [5.41, 5.74) is 1.50. The zero-order valence-electron chi connectivity index (χ0n) is 13.9. The summed E-state index contributed by atoms with van der Waals surface area (Å²) in [6, 6.07) is 6.03. The lowest BCUT2D eigenvalue weighted by Gasteiger charge is -2.33. The van der Waals surface area contributed by atoms with Gasteiger partial charge in [-0.15, -0.1) is 0 Å². The van der Waals surface area contributed by atoms with Gasteiger partial charge in [-0.3, -0.25) is 4.79 Å². The molecule has 1 aromatic heterocycles. The van der Waals surface area contributed by atoms with E-state index in [1.165, 1.54) is 0 Å². The highest BCUT2D eigenvalue weighted by Gasteiger charge is 2.23. The van der Waals surface area contributed by atoms with Crippen LogP contribution in [-0.2, 0) is 9.53 Å². The fraction of sp³-hybridized carbons (Fsp3) is 0.611. The molecule has 0 aliphatic carbocycles. The van der Waals surface area contributed by atoms with Crippen molar-refractivity contribution in [1.82, 2.24) is 10.3 Å². The minimum atomic E-state index is 0.181. The zero-order valence-corrected chi connectivity index (χ0v) is 13.9. The Hall–Kier alpha value is -2.13. The van der Waals surface area contributed by atoms with E-state index in [2.05, 4.69) is 15.2 Å². The van der Waals surface area contributed by atoms with E-state index < -0.39 is 0 Å². The molecule has 2 saturated heterocycles. The molecule has 1 aromatic rings. The molecule has 0 atom stereocenters. The molecule has 0 saturated carbocycles. The van der Waals surface area contributed by atoms with Crippen molar-refractivity contribution in [3.63, 3.8) is 0 Å². The lowest BCUT2D eigenvalue weighted by molar-refractivity contribution is -0.123. The van der Waals surface area contributed by atoms with Crippen LogP contribution >= 0.6 is 0 Å². The first-order valence-electron chi connectivity index (χ1n) is 8.73. The van der Waals surface area contributed by atoms with Gasteiger partial charge in [0.15, 0.2) is 0 Å². The Bertz CT molecular complexity index is 582. The highest BCUT2D eigenvalue weighted by Crippen LogP contribution is 2.25. The first-order valence-corrected chi connectivity index (χ1v) is 8.73. The average Bonchev–Trinajstić information content (AvgIpc) is 2.63. The highest BCUT2D eigenvalue weighted by atomic mass is 16.5. The van der Waals surface area contributed by atoms with Crippen molar-refractivity contribution in [1.29, 1.82) is 5.26 Å². The van der Waals surface area contributed by atoms with E-state index >= 15 is 0 Å². The number of anilines is 1. The number of hydrogen-bond donors (Lipinski definition) is 1. The second-order valence-corrected chi connectivity index (χ2v) is 6.60. The molecule has 0 spiro atoms. The predicted octanol–water partition coefficient (Wildman–Crippen LogP) is 1.85. The molecule has 1 amide bonds. The van der Waals surface area contributed by atoms with Crippen LogP contribution in [0.2, 0.25) is 0 Å². The van der Waals surface area contributed by atoms with Crippen LogP contribution in [0.1, 0.15) is 37.8 Å². The Morgan fingerprint density at radius 2 is 2.04 bits per heavy atom. The summed E-state index contributed by atoms with van der Waals surface area (Å²) in [5, 5.41) is 12.0. The van der Waals surface area contributed by atoms with Crippen molar-refractivity contribution in [3.05, 3.63) is 24.0 Å². The number of nitriles is 1. The summed E-state index contributed by atoms with van der Waals surface area (Å²) < 4.78 is 5.32. The summed E-state index contributed by atoms with van der Waals surface area (Å²) in [6.07, 6.45) is 6.27. The predicted molar refractivity (Wildman–Crippen MR) is 90.5 cm³/mol. The normalized spacial score (nSPS) is 19.7. The summed E-state index contributed by atoms with van der Waals surface area (Å²) in [6.45, 7) is 3.37. The molecule has 2 aliphatic rings. The number of carbonyl (C=O) groups is 1. The zero-order chi connectivity index (χ0) is 16.8. The van der Waals surface area contributed by atoms with Gasteiger partial charge in [-0.2, -0.15) is 5.26 Å². The molecular formula is C18H24N4O2. The van der Waals surface area contributed by atoms with Gasteiger partial charge in [-0.1, -0.05) is 0 Å². The van der Waals surface area contributed by atoms with E-state index in [4.69, 9.17) is 10.00 Å². The summed E-state index contributed by atoms with van der Waals surface area (Å²) in [4.78, 5) is 18.6. The highest BCUT2D eigenvalue weighted by molar-refractivity contribution is 5.76. The lowest BCUT2D eigenvalue weighted by atomic mass is 9.92. The van der Waals surface area contributed by atoms with Crippen LogP contribution in [0.5, 0.6) is 0 Å². The van der Waals surface area contributed by atoms with E-state index in [0.717, 1.165) is 57.7 Å². The first kappa shape index (κ1) is 16.7. The van der Waals surface area contributed by atoms with Gasteiger partial charge in [-0.25, -0.2) is 4.98 Å². The molecule has 0 unspecified atom stereocenters. The number of ether oxygens (including phenoxy) is 1. The summed E-state index contributed by atoms with van der Waals surface area (Å²) in [7, 11) is 0. The van der Waals surface area contributed by atoms with Crippen molar-refractivity contribution in [2.45, 2.75) is 38.1 Å². The topological polar surface area (TPSA) is 78.2 Å². The van der Waals surface area contributed by atoms with Crippen LogP contribution in [0.25, 0.3) is 0 Å². The number of hydrogen-bond acceptors (Lipinski definition) is 5. The maximum absolute atomic E-state index is 12.2. The van der Waals surface area contributed by atoms with Gasteiger partial charge in [0.2, 0.25) is 5.91 Å². The molecule has 6 nitrogen and oxygen atoms in total. The number of pyridine rings is 1. The van der Waals surface area contributed by atoms with Crippen LogP contribution in [0.4, 0.5) is 5.69 Å². The third-order valence-corrected chi connectivity index (χ3v) is 4.90. The largest absolute Gasteiger partial charge is 0.381 e. The molecule has 3 rings (SSSR count). The molecule has 24 heavy (non-hydrogen) atoms. The van der Waals surface area contributed by atoms with Crippen molar-refractivity contribution in [2.75, 3.05) is 31.2 Å². The van der Waals surface area contributed by atoms with Crippen LogP contribution < -0.4 is 10.2 Å². The molecule has 0 bridgehead atoms. The lowest BCUT2D eigenvalue weighted by Crippen LogP contribution is -2.41. The average molecular weight is 328 g/mol. The van der Waals surface area contributed by atoms with Gasteiger partial charge in [0, 0.05) is 38.8 Å². The number of nitrogens with one attached hydrogen (secondary N) is 1. The van der Waals surface area contributed by atoms with Crippen LogP contribution in [0, 0.1) is 17.2 Å². The third-order valence-electron chi connectivity index (χ3n) is 4.90. The van der Waals surface area contributed by atoms with Gasteiger partial charge in [0.05, 0.1) is 11.9 Å². The monoisotopic (exact) mass is 328 g/mol. The number of aromatic nitrogens is 1. The van der Waals surface area contributed by atoms with Gasteiger partial charge in [-0.05, 0) is 43.7 Å². The smallest absolute Gasteiger partial charge is 0.220 e. The SMILES string of the molecule is N#Cc1ccc(N2CCC(CC(=O)NC3CCOCC3)CC2)cn1. The number of amides is 1. The van der Waals surface area contributed by atoms with Gasteiger partial charge < -0.3 is 15.0 Å². The molecular weight excluding hydrogens is 304 g/mol. The van der Waals surface area contributed by atoms with E-state index in [1.807, 2.05) is 12.1 Å². The van der Waals surface area contributed by atoms with Gasteiger partial charge >= 0.3 is 0 Å². The van der Waals surface area contributed by atoms with Gasteiger partial charge in [0.1, 0.15) is 11.8 Å². The van der Waals surface area contributed by atoms with E-state index in [-0.39, 0.29) is 11.9 Å².